The van der Waals surface area contributed by atoms with Crippen LogP contribution in [0.4, 0.5) is 4.39 Å². The Kier molecular flexibility index (Phi) is 4.43. The number of H-pyrrole nitrogens is 1. The van der Waals surface area contributed by atoms with E-state index in [2.05, 4.69) is 4.98 Å². The first-order chi connectivity index (χ1) is 9.90. The Balaban J connectivity index is 2.10. The van der Waals surface area contributed by atoms with E-state index in [0.29, 0.717) is 22.4 Å². The molecule has 0 bridgehead atoms. The van der Waals surface area contributed by atoms with Crippen LogP contribution in [0.3, 0.4) is 0 Å². The zero-order valence-corrected chi connectivity index (χ0v) is 12.2. The Morgan fingerprint density at radius 2 is 1.95 bits per heavy atom. The van der Waals surface area contributed by atoms with E-state index < -0.39 is 12.1 Å². The van der Waals surface area contributed by atoms with Gasteiger partial charge in [-0.15, -0.1) is 0 Å². The number of carbonyl (C=O) groups is 1. The summed E-state index contributed by atoms with van der Waals surface area (Å²) in [4.78, 5) is 15.0. The summed E-state index contributed by atoms with van der Waals surface area (Å²) in [6.45, 7) is 5.28. The van der Waals surface area contributed by atoms with Gasteiger partial charge in [-0.2, -0.15) is 0 Å². The van der Waals surface area contributed by atoms with Crippen molar-refractivity contribution in [2.24, 2.45) is 0 Å². The normalized spacial score (nSPS) is 12.2. The van der Waals surface area contributed by atoms with Gasteiger partial charge in [-0.25, -0.2) is 9.18 Å². The number of aliphatic hydroxyl groups is 1. The van der Waals surface area contributed by atoms with Crippen LogP contribution in [0.1, 0.15) is 45.9 Å². The van der Waals surface area contributed by atoms with Gasteiger partial charge < -0.3 is 14.8 Å². The summed E-state index contributed by atoms with van der Waals surface area (Å²) in [5.74, 6) is -0.825. The highest BCUT2D eigenvalue weighted by molar-refractivity contribution is 5.89. The fourth-order valence-electron chi connectivity index (χ4n) is 2.40. The van der Waals surface area contributed by atoms with Crippen LogP contribution >= 0.6 is 0 Å². The maximum absolute atomic E-state index is 12.8. The lowest BCUT2D eigenvalue weighted by atomic mass is 10.1. The average Bonchev–Trinajstić information content (AvgIpc) is 2.73. The molecule has 1 heterocycles. The summed E-state index contributed by atoms with van der Waals surface area (Å²) in [5, 5.41) is 9.71. The van der Waals surface area contributed by atoms with E-state index >= 15 is 0 Å². The number of nitrogens with one attached hydrogen (secondary N) is 1. The second kappa shape index (κ2) is 6.10. The highest BCUT2D eigenvalue weighted by Crippen LogP contribution is 2.25. The molecule has 1 aromatic carbocycles. The number of hydrogen-bond donors (Lipinski definition) is 2. The molecule has 0 saturated heterocycles. The number of carbonyl (C=O) groups excluding carboxylic acids is 1. The molecule has 0 aliphatic heterocycles. The Labute approximate surface area is 122 Å². The van der Waals surface area contributed by atoms with Crippen molar-refractivity contribution in [3.8, 4) is 0 Å². The number of aliphatic hydroxyl groups excluding tert-OH is 1. The minimum Gasteiger partial charge on any atom is -0.456 e. The summed E-state index contributed by atoms with van der Waals surface area (Å²) in [7, 11) is 0. The largest absolute Gasteiger partial charge is 0.456 e. The molecular formula is C16H18FNO3. The molecule has 2 N–H and O–H groups in total. The van der Waals surface area contributed by atoms with Crippen molar-refractivity contribution in [1.82, 2.24) is 4.98 Å². The number of hydrogen-bond acceptors (Lipinski definition) is 3. The fraction of sp³-hybridized carbons (Fsp3) is 0.312. The van der Waals surface area contributed by atoms with Crippen molar-refractivity contribution < 1.29 is 19.0 Å². The second-order valence-electron chi connectivity index (χ2n) is 5.04. The third-order valence-electron chi connectivity index (χ3n) is 3.40. The number of aryl methyl sites for hydroxylation is 1. The molecule has 0 spiro atoms. The number of aromatic nitrogens is 1. The minimum atomic E-state index is -0.653. The molecule has 0 fully saturated rings. The Morgan fingerprint density at radius 3 is 2.48 bits per heavy atom. The van der Waals surface area contributed by atoms with Crippen LogP contribution in [-0.4, -0.2) is 16.1 Å². The topological polar surface area (TPSA) is 62.3 Å². The molecule has 2 aromatic rings. The molecule has 0 unspecified atom stereocenters. The summed E-state index contributed by atoms with van der Waals surface area (Å²) in [5.41, 5.74) is 3.19. The lowest BCUT2D eigenvalue weighted by Crippen LogP contribution is -2.07. The lowest BCUT2D eigenvalue weighted by Gasteiger charge is -2.06. The number of esters is 1. The van der Waals surface area contributed by atoms with E-state index in [1.165, 1.54) is 12.1 Å². The van der Waals surface area contributed by atoms with Gasteiger partial charge in [0.25, 0.3) is 0 Å². The molecule has 0 amide bonds. The molecule has 112 valence electrons. The van der Waals surface area contributed by atoms with Crippen LogP contribution < -0.4 is 0 Å². The van der Waals surface area contributed by atoms with Gasteiger partial charge >= 0.3 is 5.97 Å². The first-order valence-electron chi connectivity index (χ1n) is 6.69. The zero-order chi connectivity index (χ0) is 15.6. The number of ether oxygens (including phenoxy) is 1. The molecule has 4 nitrogen and oxygen atoms in total. The molecule has 0 radical (unpaired) electrons. The molecule has 1 aromatic heterocycles. The van der Waals surface area contributed by atoms with E-state index in [-0.39, 0.29) is 12.4 Å². The standard InChI is InChI=1S/C16H18FNO3/c1-9-14(11(3)19)10(2)18-15(9)16(20)21-8-12-4-6-13(17)7-5-12/h4-7,11,18-19H,8H2,1-3H3/t11-/m0/s1. The van der Waals surface area contributed by atoms with E-state index in [0.717, 1.165) is 5.69 Å². The van der Waals surface area contributed by atoms with Gasteiger partial charge in [-0.1, -0.05) is 12.1 Å². The van der Waals surface area contributed by atoms with Crippen molar-refractivity contribution in [2.75, 3.05) is 0 Å². The second-order valence-corrected chi connectivity index (χ2v) is 5.04. The van der Waals surface area contributed by atoms with E-state index in [9.17, 15) is 14.3 Å². The van der Waals surface area contributed by atoms with Gasteiger partial charge in [0.15, 0.2) is 0 Å². The Hall–Kier alpha value is -2.14. The van der Waals surface area contributed by atoms with Crippen molar-refractivity contribution in [2.45, 2.75) is 33.5 Å². The molecule has 5 heteroatoms. The number of rotatable bonds is 4. The molecule has 0 aliphatic carbocycles. The monoisotopic (exact) mass is 291 g/mol. The highest BCUT2D eigenvalue weighted by atomic mass is 19.1. The maximum atomic E-state index is 12.8. The molecular weight excluding hydrogens is 273 g/mol. The number of benzene rings is 1. The van der Waals surface area contributed by atoms with E-state index in [1.54, 1.807) is 32.9 Å². The maximum Gasteiger partial charge on any atom is 0.355 e. The van der Waals surface area contributed by atoms with Gasteiger partial charge in [0.2, 0.25) is 0 Å². The molecule has 1 atom stereocenters. The molecule has 21 heavy (non-hydrogen) atoms. The van der Waals surface area contributed by atoms with Crippen molar-refractivity contribution >= 4 is 5.97 Å². The molecule has 0 aliphatic rings. The predicted octanol–water partition coefficient (Wildman–Crippen LogP) is 3.18. The summed E-state index contributed by atoms with van der Waals surface area (Å²) >= 11 is 0. The van der Waals surface area contributed by atoms with Crippen molar-refractivity contribution in [1.29, 1.82) is 0 Å². The fourth-order valence-corrected chi connectivity index (χ4v) is 2.40. The van der Waals surface area contributed by atoms with Crippen LogP contribution in [0.5, 0.6) is 0 Å². The first-order valence-corrected chi connectivity index (χ1v) is 6.69. The van der Waals surface area contributed by atoms with Gasteiger partial charge in [0.05, 0.1) is 6.10 Å². The van der Waals surface area contributed by atoms with Gasteiger partial charge in [0, 0.05) is 11.3 Å². The summed E-state index contributed by atoms with van der Waals surface area (Å²) < 4.78 is 18.0. The Morgan fingerprint density at radius 1 is 1.33 bits per heavy atom. The first kappa shape index (κ1) is 15.3. The van der Waals surface area contributed by atoms with Crippen molar-refractivity contribution in [3.63, 3.8) is 0 Å². The SMILES string of the molecule is Cc1[nH]c(C(=O)OCc2ccc(F)cc2)c(C)c1[C@H](C)O. The van der Waals surface area contributed by atoms with Gasteiger partial charge in [-0.3, -0.25) is 0 Å². The smallest absolute Gasteiger partial charge is 0.355 e. The third kappa shape index (κ3) is 3.31. The summed E-state index contributed by atoms with van der Waals surface area (Å²) in [6, 6.07) is 5.77. The van der Waals surface area contributed by atoms with Crippen LogP contribution in [-0.2, 0) is 11.3 Å². The molecule has 2 rings (SSSR count). The quantitative estimate of drug-likeness (QED) is 0.850. The van der Waals surface area contributed by atoms with Gasteiger partial charge in [0.1, 0.15) is 18.1 Å². The molecule has 0 saturated carbocycles. The lowest BCUT2D eigenvalue weighted by molar-refractivity contribution is 0.0465. The van der Waals surface area contributed by atoms with Gasteiger partial charge in [-0.05, 0) is 44.0 Å². The van der Waals surface area contributed by atoms with E-state index in [1.807, 2.05) is 0 Å². The van der Waals surface area contributed by atoms with Crippen molar-refractivity contribution in [3.05, 3.63) is 58.2 Å². The zero-order valence-electron chi connectivity index (χ0n) is 12.2. The predicted molar refractivity (Wildman–Crippen MR) is 76.4 cm³/mol. The average molecular weight is 291 g/mol. The van der Waals surface area contributed by atoms with Crippen LogP contribution in [0.25, 0.3) is 0 Å². The minimum absolute atomic E-state index is 0.0701. The summed E-state index contributed by atoms with van der Waals surface area (Å²) in [6.07, 6.45) is -0.653. The number of halogens is 1. The number of aromatic amines is 1. The van der Waals surface area contributed by atoms with Crippen LogP contribution in [0, 0.1) is 19.7 Å². The van der Waals surface area contributed by atoms with Crippen LogP contribution in [0.15, 0.2) is 24.3 Å². The highest BCUT2D eigenvalue weighted by Gasteiger charge is 2.20. The Bertz CT molecular complexity index is 644. The van der Waals surface area contributed by atoms with Crippen LogP contribution in [0.2, 0.25) is 0 Å². The van der Waals surface area contributed by atoms with E-state index in [4.69, 9.17) is 4.74 Å². The third-order valence-corrected chi connectivity index (χ3v) is 3.40.